The van der Waals surface area contributed by atoms with Crippen molar-refractivity contribution in [2.75, 3.05) is 5.01 Å². The molecular weight excluding hydrogens is 408 g/mol. The fourth-order valence-electron chi connectivity index (χ4n) is 3.71. The van der Waals surface area contributed by atoms with Gasteiger partial charge in [-0.3, -0.25) is 10.1 Å². The van der Waals surface area contributed by atoms with Crippen molar-refractivity contribution in [2.24, 2.45) is 5.10 Å². The molecule has 6 nitrogen and oxygen atoms in total. The summed E-state index contributed by atoms with van der Waals surface area (Å²) in [5.41, 5.74) is 4.77. The van der Waals surface area contributed by atoms with Crippen LogP contribution in [0.25, 0.3) is 11.3 Å². The fraction of sp³-hybridized carbons (Fsp3) is 0.0833. The Hall–Kier alpha value is -3.84. The van der Waals surface area contributed by atoms with E-state index in [9.17, 15) is 10.1 Å². The van der Waals surface area contributed by atoms with Gasteiger partial charge in [-0.25, -0.2) is 9.99 Å². The quantitative estimate of drug-likeness (QED) is 0.287. The van der Waals surface area contributed by atoms with Gasteiger partial charge in [0, 0.05) is 29.5 Å². The van der Waals surface area contributed by atoms with Gasteiger partial charge < -0.3 is 0 Å². The van der Waals surface area contributed by atoms with E-state index in [4.69, 9.17) is 10.1 Å². The van der Waals surface area contributed by atoms with Crippen LogP contribution in [0.4, 0.5) is 10.8 Å². The number of hydrogen-bond acceptors (Lipinski definition) is 6. The van der Waals surface area contributed by atoms with E-state index in [2.05, 4.69) is 24.3 Å². The highest BCUT2D eigenvalue weighted by molar-refractivity contribution is 7.14. The molecule has 2 heterocycles. The molecule has 31 heavy (non-hydrogen) atoms. The number of anilines is 1. The van der Waals surface area contributed by atoms with Gasteiger partial charge in [0.15, 0.2) is 0 Å². The van der Waals surface area contributed by atoms with Gasteiger partial charge in [-0.15, -0.1) is 11.3 Å². The highest BCUT2D eigenvalue weighted by Gasteiger charge is 2.31. The molecule has 0 amide bonds. The van der Waals surface area contributed by atoms with Gasteiger partial charge in [-0.1, -0.05) is 72.8 Å². The van der Waals surface area contributed by atoms with Gasteiger partial charge in [-0.2, -0.15) is 5.10 Å². The molecule has 0 spiro atoms. The molecule has 3 aromatic carbocycles. The Kier molecular flexibility index (Phi) is 5.01. The highest BCUT2D eigenvalue weighted by atomic mass is 32.1. The number of hydrazone groups is 1. The lowest BCUT2D eigenvalue weighted by Gasteiger charge is -2.21. The Bertz CT molecular complexity index is 1250. The number of benzene rings is 3. The molecule has 0 radical (unpaired) electrons. The largest absolute Gasteiger partial charge is 0.270 e. The van der Waals surface area contributed by atoms with E-state index in [1.807, 2.05) is 52.9 Å². The molecule has 0 fully saturated rings. The van der Waals surface area contributed by atoms with Crippen molar-refractivity contribution in [3.8, 4) is 11.3 Å². The number of non-ortho nitro benzene ring substituents is 1. The number of nitro benzene ring substituents is 1. The third kappa shape index (κ3) is 3.83. The van der Waals surface area contributed by atoms with Crippen LogP contribution >= 0.6 is 11.3 Å². The van der Waals surface area contributed by atoms with Gasteiger partial charge >= 0.3 is 0 Å². The predicted molar refractivity (Wildman–Crippen MR) is 123 cm³/mol. The lowest BCUT2D eigenvalue weighted by molar-refractivity contribution is -0.384. The molecule has 1 aliphatic rings. The molecule has 152 valence electrons. The molecule has 1 unspecified atom stereocenters. The Morgan fingerprint density at radius 3 is 2.39 bits per heavy atom. The van der Waals surface area contributed by atoms with E-state index < -0.39 is 0 Å². The van der Waals surface area contributed by atoms with E-state index in [0.29, 0.717) is 5.69 Å². The molecule has 4 aromatic rings. The zero-order valence-electron chi connectivity index (χ0n) is 16.5. The highest BCUT2D eigenvalue weighted by Crippen LogP contribution is 2.39. The first kappa shape index (κ1) is 19.1. The number of nitro groups is 1. The summed E-state index contributed by atoms with van der Waals surface area (Å²) in [5, 5.41) is 20.7. The Labute approximate surface area is 183 Å². The van der Waals surface area contributed by atoms with Crippen molar-refractivity contribution in [1.29, 1.82) is 0 Å². The van der Waals surface area contributed by atoms with Gasteiger partial charge in [0.25, 0.3) is 5.69 Å². The van der Waals surface area contributed by atoms with E-state index >= 15 is 0 Å². The van der Waals surface area contributed by atoms with Gasteiger partial charge in [0.1, 0.15) is 0 Å². The molecule has 0 saturated carbocycles. The molecule has 0 saturated heterocycles. The first-order valence-electron chi connectivity index (χ1n) is 9.86. The molecule has 0 bridgehead atoms. The summed E-state index contributed by atoms with van der Waals surface area (Å²) in [6.45, 7) is 0. The Morgan fingerprint density at radius 1 is 0.935 bits per heavy atom. The van der Waals surface area contributed by atoms with Crippen LogP contribution in [-0.4, -0.2) is 15.6 Å². The van der Waals surface area contributed by atoms with Gasteiger partial charge in [0.2, 0.25) is 5.13 Å². The monoisotopic (exact) mass is 426 g/mol. The summed E-state index contributed by atoms with van der Waals surface area (Å²) < 4.78 is 0. The van der Waals surface area contributed by atoms with E-state index in [-0.39, 0.29) is 16.7 Å². The molecule has 5 rings (SSSR count). The molecule has 1 aromatic heterocycles. The second-order valence-electron chi connectivity index (χ2n) is 7.21. The third-order valence-corrected chi connectivity index (χ3v) is 6.07. The number of aromatic nitrogens is 1. The standard InChI is InChI=1S/C24H18N4O2S/c29-28(30)20-13-7-12-19(14-20)22-16-31-24(25-22)27-23(18-10-5-2-6-11-18)15-21(26-27)17-8-3-1-4-9-17/h1-14,16,23H,15H2. The van der Waals surface area contributed by atoms with Gasteiger partial charge in [0.05, 0.1) is 22.4 Å². The topological polar surface area (TPSA) is 71.6 Å². The zero-order chi connectivity index (χ0) is 21.2. The minimum atomic E-state index is -0.390. The zero-order valence-corrected chi connectivity index (χ0v) is 17.3. The minimum Gasteiger partial charge on any atom is -0.258 e. The molecule has 0 N–H and O–H groups in total. The predicted octanol–water partition coefficient (Wildman–Crippen LogP) is 6.07. The minimum absolute atomic E-state index is 0.0421. The fourth-order valence-corrected chi connectivity index (χ4v) is 4.54. The first-order valence-corrected chi connectivity index (χ1v) is 10.7. The summed E-state index contributed by atoms with van der Waals surface area (Å²) in [6.07, 6.45) is 0.778. The van der Waals surface area contributed by atoms with Crippen LogP contribution < -0.4 is 5.01 Å². The summed E-state index contributed by atoms with van der Waals surface area (Å²) in [6, 6.07) is 27.1. The van der Waals surface area contributed by atoms with Crippen LogP contribution in [0, 0.1) is 10.1 Å². The summed E-state index contributed by atoms with van der Waals surface area (Å²) in [7, 11) is 0. The molecule has 7 heteroatoms. The smallest absolute Gasteiger partial charge is 0.258 e. The molecule has 1 aliphatic heterocycles. The van der Waals surface area contributed by atoms with Crippen LogP contribution in [0.2, 0.25) is 0 Å². The lowest BCUT2D eigenvalue weighted by Crippen LogP contribution is -2.18. The Balaban J connectivity index is 1.53. The van der Waals surface area contributed by atoms with Crippen molar-refractivity contribution in [1.82, 2.24) is 4.98 Å². The molecule has 0 aliphatic carbocycles. The third-order valence-electron chi connectivity index (χ3n) is 5.24. The van der Waals surface area contributed by atoms with Gasteiger partial charge in [-0.05, 0) is 11.1 Å². The average molecular weight is 427 g/mol. The maximum absolute atomic E-state index is 11.1. The average Bonchev–Trinajstić information content (AvgIpc) is 3.48. The number of hydrogen-bond donors (Lipinski definition) is 0. The Morgan fingerprint density at radius 2 is 1.65 bits per heavy atom. The number of thiazole rings is 1. The first-order chi connectivity index (χ1) is 15.2. The van der Waals surface area contributed by atoms with E-state index in [1.54, 1.807) is 12.1 Å². The van der Waals surface area contributed by atoms with Crippen LogP contribution in [0.1, 0.15) is 23.6 Å². The van der Waals surface area contributed by atoms with Crippen molar-refractivity contribution in [2.45, 2.75) is 12.5 Å². The number of nitrogens with zero attached hydrogens (tertiary/aromatic N) is 4. The maximum Gasteiger partial charge on any atom is 0.270 e. The summed E-state index contributed by atoms with van der Waals surface area (Å²) >= 11 is 1.49. The summed E-state index contributed by atoms with van der Waals surface area (Å²) in [4.78, 5) is 15.5. The lowest BCUT2D eigenvalue weighted by atomic mass is 9.99. The van der Waals surface area contributed by atoms with Crippen LogP contribution in [0.3, 0.4) is 0 Å². The second kappa shape index (κ2) is 8.12. The van der Waals surface area contributed by atoms with E-state index in [0.717, 1.165) is 28.4 Å². The maximum atomic E-state index is 11.1. The van der Waals surface area contributed by atoms with Crippen molar-refractivity contribution in [3.05, 3.63) is 112 Å². The SMILES string of the molecule is O=[N+]([O-])c1cccc(-c2csc(N3N=C(c4ccccc4)CC3c3ccccc3)n2)c1. The normalized spacial score (nSPS) is 15.7. The second-order valence-corrected chi connectivity index (χ2v) is 8.05. The van der Waals surface area contributed by atoms with Crippen LogP contribution in [0.5, 0.6) is 0 Å². The molecular formula is C24H18N4O2S. The van der Waals surface area contributed by atoms with Crippen molar-refractivity contribution < 1.29 is 4.92 Å². The van der Waals surface area contributed by atoms with E-state index in [1.165, 1.54) is 23.0 Å². The van der Waals surface area contributed by atoms with Crippen LogP contribution in [0.15, 0.2) is 95.4 Å². The summed E-state index contributed by atoms with van der Waals surface area (Å²) in [5.74, 6) is 0. The molecule has 1 atom stereocenters. The van der Waals surface area contributed by atoms with Crippen molar-refractivity contribution in [3.63, 3.8) is 0 Å². The van der Waals surface area contributed by atoms with Crippen molar-refractivity contribution >= 4 is 27.9 Å². The number of rotatable bonds is 5. The van der Waals surface area contributed by atoms with Crippen LogP contribution in [-0.2, 0) is 0 Å².